The monoisotopic (exact) mass is 932 g/mol. The van der Waals surface area contributed by atoms with Gasteiger partial charge in [-0.3, -0.25) is 9.59 Å². The number of nitrogens with zero attached hydrogens (tertiary/aromatic N) is 2. The van der Waals surface area contributed by atoms with E-state index in [4.69, 9.17) is 28.4 Å². The number of hydrogen-bond donors (Lipinski definition) is 6. The second-order valence-corrected chi connectivity index (χ2v) is 21.4. The van der Waals surface area contributed by atoms with Crippen LogP contribution in [0.15, 0.2) is 29.2 Å². The van der Waals surface area contributed by atoms with E-state index in [0.717, 1.165) is 4.31 Å². The number of esters is 1. The maximum atomic E-state index is 14.4. The van der Waals surface area contributed by atoms with E-state index in [0.29, 0.717) is 12.2 Å². The molecule has 19 heteroatoms. The SMILES string of the molecule is CCC1OC(=O)C(C)C(OC2CC(C)(OC)C(O)C(C)O2)C(C)C(OC2OC(C)CC(N(C)S(=O)(=O)c3ccc(NC(C)=O)cc3)C2O)C(C)(O)CC(C)CN(C)C(C)C(O)C1(C)O. The Balaban J connectivity index is 1.81. The van der Waals surface area contributed by atoms with Crippen LogP contribution in [-0.4, -0.2) is 173 Å². The summed E-state index contributed by atoms with van der Waals surface area (Å²) in [5, 5.41) is 61.8. The lowest BCUT2D eigenvalue weighted by atomic mass is 9.77. The molecule has 0 radical (unpaired) electrons. The highest BCUT2D eigenvalue weighted by molar-refractivity contribution is 7.89. The first-order chi connectivity index (χ1) is 29.5. The van der Waals surface area contributed by atoms with E-state index < -0.39 is 118 Å². The molecule has 0 saturated carbocycles. The van der Waals surface area contributed by atoms with Crippen LogP contribution in [0.2, 0.25) is 0 Å². The molecule has 6 N–H and O–H groups in total. The third-order valence-corrected chi connectivity index (χ3v) is 15.8. The number of methoxy groups -OCH3 is 1. The van der Waals surface area contributed by atoms with Gasteiger partial charge in [0, 0.05) is 51.7 Å². The van der Waals surface area contributed by atoms with Crippen molar-refractivity contribution in [2.24, 2.45) is 17.8 Å². The van der Waals surface area contributed by atoms with Crippen molar-refractivity contribution in [3.8, 4) is 0 Å². The van der Waals surface area contributed by atoms with Crippen LogP contribution >= 0.6 is 0 Å². The van der Waals surface area contributed by atoms with E-state index >= 15 is 0 Å². The van der Waals surface area contributed by atoms with E-state index in [9.17, 15) is 43.5 Å². The molecule has 64 heavy (non-hydrogen) atoms. The van der Waals surface area contributed by atoms with E-state index in [-0.39, 0.29) is 42.4 Å². The molecule has 3 fully saturated rings. The highest BCUT2D eigenvalue weighted by Gasteiger charge is 2.53. The Morgan fingerprint density at radius 2 is 1.58 bits per heavy atom. The Kier molecular flexibility index (Phi) is 18.0. The standard InChI is InChI=1S/C45H77N3O15S/c1-15-34-45(11,55)38(51)28(6)47(12)23-24(2)21-43(9,54)40(26(4)37(27(5)41(53)61-34)62-35-22-44(10,58-14)39(52)29(7)60-35)63-42-36(50)33(20-25(3)59-42)48(13)64(56,57)32-18-16-31(17-19-32)46-30(8)49/h16-19,24-29,33-40,42,50-52,54-55H,15,20-23H2,1-14H3,(H,46,49). The van der Waals surface area contributed by atoms with Crippen molar-refractivity contribution in [2.75, 3.05) is 33.1 Å². The van der Waals surface area contributed by atoms with Crippen molar-refractivity contribution < 1.29 is 72.0 Å². The lowest BCUT2D eigenvalue weighted by Gasteiger charge is -2.48. The highest BCUT2D eigenvalue weighted by atomic mass is 32.2. The second kappa shape index (κ2) is 21.3. The van der Waals surface area contributed by atoms with Gasteiger partial charge in [0.25, 0.3) is 0 Å². The Bertz CT molecular complexity index is 1820. The summed E-state index contributed by atoms with van der Waals surface area (Å²) in [7, 11) is 0.390. The number of carbonyl (C=O) groups excluding carboxylic acids is 2. The molecule has 1 amide bonds. The van der Waals surface area contributed by atoms with Crippen LogP contribution in [0.4, 0.5) is 5.69 Å². The van der Waals surface area contributed by atoms with Crippen LogP contribution in [-0.2, 0) is 48.0 Å². The molecular weight excluding hydrogens is 855 g/mol. The van der Waals surface area contributed by atoms with Gasteiger partial charge in [-0.15, -0.1) is 0 Å². The van der Waals surface area contributed by atoms with Gasteiger partial charge >= 0.3 is 5.97 Å². The molecule has 3 heterocycles. The molecule has 1 aromatic carbocycles. The number of aliphatic hydroxyl groups excluding tert-OH is 3. The Morgan fingerprint density at radius 1 is 0.969 bits per heavy atom. The third kappa shape index (κ3) is 12.0. The van der Waals surface area contributed by atoms with E-state index in [2.05, 4.69) is 5.32 Å². The number of amides is 1. The smallest absolute Gasteiger partial charge is 0.311 e. The van der Waals surface area contributed by atoms with Crippen LogP contribution in [0.3, 0.4) is 0 Å². The molecule has 3 aliphatic heterocycles. The predicted octanol–water partition coefficient (Wildman–Crippen LogP) is 2.62. The number of aliphatic hydroxyl groups is 5. The minimum atomic E-state index is -4.22. The van der Waals surface area contributed by atoms with Crippen molar-refractivity contribution >= 4 is 27.6 Å². The van der Waals surface area contributed by atoms with Crippen LogP contribution in [0.1, 0.15) is 102 Å². The van der Waals surface area contributed by atoms with Gasteiger partial charge in [-0.25, -0.2) is 8.42 Å². The maximum Gasteiger partial charge on any atom is 0.311 e. The van der Waals surface area contributed by atoms with Crippen LogP contribution < -0.4 is 5.32 Å². The van der Waals surface area contributed by atoms with Gasteiger partial charge in [-0.1, -0.05) is 20.8 Å². The highest BCUT2D eigenvalue weighted by Crippen LogP contribution is 2.40. The summed E-state index contributed by atoms with van der Waals surface area (Å²) in [5.74, 6) is -3.45. The number of nitrogens with one attached hydrogen (secondary N) is 1. The van der Waals surface area contributed by atoms with Crippen molar-refractivity contribution in [1.29, 1.82) is 0 Å². The second-order valence-electron chi connectivity index (χ2n) is 19.4. The van der Waals surface area contributed by atoms with E-state index in [1.165, 1.54) is 52.3 Å². The predicted molar refractivity (Wildman–Crippen MR) is 236 cm³/mol. The average Bonchev–Trinajstić information content (AvgIpc) is 3.21. The topological polar surface area (TPSA) is 243 Å². The fraction of sp³-hybridized carbons (Fsp3) is 0.822. The molecule has 0 bridgehead atoms. The first kappa shape index (κ1) is 54.2. The molecule has 0 aliphatic carbocycles. The summed E-state index contributed by atoms with van der Waals surface area (Å²) in [6.45, 7) is 18.5. The zero-order chi connectivity index (χ0) is 48.4. The number of cyclic esters (lactones) is 1. The number of hydrogen-bond acceptors (Lipinski definition) is 16. The average molecular weight is 932 g/mol. The van der Waals surface area contributed by atoms with Gasteiger partial charge in [-0.05, 0) is 105 Å². The molecule has 18 atom stereocenters. The quantitative estimate of drug-likeness (QED) is 0.185. The molecular formula is C45H77N3O15S. The number of ether oxygens (including phenoxy) is 6. The number of benzene rings is 1. The summed E-state index contributed by atoms with van der Waals surface area (Å²) in [6.07, 6.45) is -11.1. The normalized spacial score (nSPS) is 42.6. The molecule has 18 nitrogen and oxygen atoms in total. The fourth-order valence-corrected chi connectivity index (χ4v) is 11.2. The summed E-state index contributed by atoms with van der Waals surface area (Å²) < 4.78 is 66.8. The Hall–Kier alpha value is -2.37. The molecule has 368 valence electrons. The van der Waals surface area contributed by atoms with Gasteiger partial charge in [0.15, 0.2) is 12.6 Å². The number of likely N-dealkylation sites (N-methyl/N-ethyl adjacent to an activating group) is 2. The first-order valence-corrected chi connectivity index (χ1v) is 23.9. The molecule has 0 spiro atoms. The maximum absolute atomic E-state index is 14.4. The van der Waals surface area contributed by atoms with Gasteiger partial charge < -0.3 is 64.2 Å². The molecule has 3 aliphatic rings. The Morgan fingerprint density at radius 3 is 2.14 bits per heavy atom. The molecule has 18 unspecified atom stereocenters. The molecule has 4 rings (SSSR count). The van der Waals surface area contributed by atoms with Gasteiger partial charge in [0.05, 0.1) is 52.5 Å². The van der Waals surface area contributed by atoms with Crippen molar-refractivity contribution in [3.05, 3.63) is 24.3 Å². The van der Waals surface area contributed by atoms with E-state index in [1.807, 2.05) is 11.8 Å². The fourth-order valence-electron chi connectivity index (χ4n) is 9.84. The number of sulfonamides is 1. The van der Waals surface area contributed by atoms with Crippen molar-refractivity contribution in [2.45, 2.75) is 197 Å². The summed E-state index contributed by atoms with van der Waals surface area (Å²) in [4.78, 5) is 27.8. The number of anilines is 1. The summed E-state index contributed by atoms with van der Waals surface area (Å²) >= 11 is 0. The van der Waals surface area contributed by atoms with Crippen LogP contribution in [0, 0.1) is 17.8 Å². The number of carbonyl (C=O) groups is 2. The van der Waals surface area contributed by atoms with Gasteiger partial charge in [0.2, 0.25) is 15.9 Å². The largest absolute Gasteiger partial charge is 0.459 e. The van der Waals surface area contributed by atoms with Crippen LogP contribution in [0.25, 0.3) is 0 Å². The lowest BCUT2D eigenvalue weighted by molar-refractivity contribution is -0.317. The zero-order valence-corrected chi connectivity index (χ0v) is 40.9. The molecule has 0 aromatic heterocycles. The van der Waals surface area contributed by atoms with Crippen LogP contribution in [0.5, 0.6) is 0 Å². The Labute approximate surface area is 379 Å². The first-order valence-electron chi connectivity index (χ1n) is 22.4. The number of rotatable bonds is 10. The minimum Gasteiger partial charge on any atom is -0.459 e. The summed E-state index contributed by atoms with van der Waals surface area (Å²) in [6, 6.07) is 3.97. The van der Waals surface area contributed by atoms with Gasteiger partial charge in [0.1, 0.15) is 30.0 Å². The minimum absolute atomic E-state index is 0.0437. The summed E-state index contributed by atoms with van der Waals surface area (Å²) in [5.41, 5.74) is -4.33. The zero-order valence-electron chi connectivity index (χ0n) is 40.1. The molecule has 1 aromatic rings. The molecule has 3 saturated heterocycles. The van der Waals surface area contributed by atoms with E-state index in [1.54, 1.807) is 62.4 Å². The third-order valence-electron chi connectivity index (χ3n) is 13.9. The van der Waals surface area contributed by atoms with Crippen molar-refractivity contribution in [3.63, 3.8) is 0 Å². The van der Waals surface area contributed by atoms with Crippen molar-refractivity contribution in [1.82, 2.24) is 9.21 Å². The van der Waals surface area contributed by atoms with Gasteiger partial charge in [-0.2, -0.15) is 4.31 Å². The lowest BCUT2D eigenvalue weighted by Crippen LogP contribution is -2.61.